The lowest BCUT2D eigenvalue weighted by Crippen LogP contribution is -2.04. The minimum atomic E-state index is -0.952. The number of benzene rings is 9. The molecule has 290 valence electrons. The van der Waals surface area contributed by atoms with Gasteiger partial charge in [0, 0.05) is 43.9 Å². The Bertz CT molecular complexity index is 4790. The second kappa shape index (κ2) is 14.7. The van der Waals surface area contributed by atoms with Gasteiger partial charge in [-0.05, 0) is 64.7 Å². The molecule has 0 radical (unpaired) electrons. The van der Waals surface area contributed by atoms with Crippen molar-refractivity contribution in [2.45, 2.75) is 0 Å². The van der Waals surface area contributed by atoms with Crippen molar-refractivity contribution in [2.75, 3.05) is 0 Å². The summed E-state index contributed by atoms with van der Waals surface area (Å²) in [7, 11) is 0. The van der Waals surface area contributed by atoms with Gasteiger partial charge in [0.25, 0.3) is 0 Å². The lowest BCUT2D eigenvalue weighted by atomic mass is 10.0. The molecule has 12 aromatic rings. The molecule has 12 rings (SSSR count). The van der Waals surface area contributed by atoms with E-state index in [0.717, 1.165) is 21.8 Å². The highest BCUT2D eigenvalue weighted by Crippen LogP contribution is 2.40. The molecule has 0 aliphatic heterocycles. The molecule has 0 bridgehead atoms. The smallest absolute Gasteiger partial charge is 0.166 e. The molecule has 0 spiro atoms. The maximum Gasteiger partial charge on any atom is 0.166 e. The maximum atomic E-state index is 10.4. The molecule has 3 heterocycles. The second-order valence-corrected chi connectivity index (χ2v) is 14.0. The van der Waals surface area contributed by atoms with Crippen molar-refractivity contribution in [3.05, 3.63) is 224 Å². The summed E-state index contributed by atoms with van der Waals surface area (Å²) < 4.78 is 201. The van der Waals surface area contributed by atoms with Crippen molar-refractivity contribution in [3.8, 4) is 67.8 Å². The van der Waals surface area contributed by atoms with Crippen molar-refractivity contribution in [2.24, 2.45) is 0 Å². The van der Waals surface area contributed by atoms with Gasteiger partial charge in [0.15, 0.2) is 17.5 Å². The largest absolute Gasteiger partial charge is 0.309 e. The van der Waals surface area contributed by atoms with Gasteiger partial charge < -0.3 is 9.13 Å². The van der Waals surface area contributed by atoms with Gasteiger partial charge in [0.2, 0.25) is 0 Å². The molecular formula is C57H37N5. The Balaban J connectivity index is 1.26. The van der Waals surface area contributed by atoms with Gasteiger partial charge in [-0.1, -0.05) is 182 Å². The first-order valence-corrected chi connectivity index (χ1v) is 19.2. The van der Waals surface area contributed by atoms with Crippen LogP contribution in [-0.2, 0) is 0 Å². The third-order valence-electron chi connectivity index (χ3n) is 10.4. The van der Waals surface area contributed by atoms with Gasteiger partial charge in [0.1, 0.15) is 0 Å². The van der Waals surface area contributed by atoms with Gasteiger partial charge in [0.05, 0.1) is 57.9 Å². The second-order valence-electron chi connectivity index (χ2n) is 14.0. The normalized spacial score (nSPS) is 16.5. The Labute approximate surface area is 389 Å². The summed E-state index contributed by atoms with van der Waals surface area (Å²) in [5, 5.41) is 3.02. The number of aromatic nitrogens is 5. The zero-order valence-electron chi connectivity index (χ0n) is 53.9. The first-order chi connectivity index (χ1) is 39.9. The number of rotatable bonds is 7. The first kappa shape index (κ1) is 19.8. The van der Waals surface area contributed by atoms with Crippen LogP contribution < -0.4 is 0 Å². The molecular weight excluding hydrogens is 755 g/mol. The Hall–Kier alpha value is -8.41. The Morgan fingerprint density at radius 3 is 1.34 bits per heavy atom. The molecule has 0 unspecified atom stereocenters. The Morgan fingerprint density at radius 1 is 0.339 bits per heavy atom. The van der Waals surface area contributed by atoms with Crippen LogP contribution in [0.15, 0.2) is 224 Å². The van der Waals surface area contributed by atoms with Crippen LogP contribution in [0.2, 0.25) is 0 Å². The minimum absolute atomic E-state index is 0.345. The maximum absolute atomic E-state index is 10.4. The predicted molar refractivity (Wildman–Crippen MR) is 256 cm³/mol. The molecule has 0 saturated carbocycles. The SMILES string of the molecule is [2H]c1c([2H])c([2H])c(-c2nc(-c3c([2H])c([2H])c(-c4c([2H])c([2H])c([2H])c([2H])c4[2H])c([2H])c3[2H])nc(-c3c([2H])c([2H])c(-c4c([2H])c([2H])c([2H])c([2H])c4[2H])c([2H])c3-n3c4ccccc4c4ccc(-n5c6ccccc6c6ccccc65)cc43)n2)c([2H])c1[2H]. The van der Waals surface area contributed by atoms with E-state index in [1.54, 1.807) is 28.8 Å². The summed E-state index contributed by atoms with van der Waals surface area (Å²) in [5.74, 6) is -2.26. The monoisotopic (exact) mass is 813 g/mol. The molecule has 9 aromatic carbocycles. The standard InChI is InChI=1S/C57H37N5/c1-4-16-38(17-5-1)40-28-30-42(31-29-40)56-58-55(41-20-8-3-9-21-41)59-57(60-56)49-34-32-43(39-18-6-2-7-19-39)36-53(49)62-52-27-15-12-24-47(52)48-35-33-44(37-54(48)62)61-50-25-13-10-22-45(50)46-23-11-14-26-51(46)61/h1-37H/i1D,2D,3D,4D,5D,6D,7D,8D,9D,16D,17D,18D,19D,20D,21D,28D,29D,30D,31D,32D,34D,36D. The Kier molecular flexibility index (Phi) is 4.69. The lowest BCUT2D eigenvalue weighted by molar-refractivity contribution is 1.06. The molecule has 0 N–H and O–H groups in total. The van der Waals surface area contributed by atoms with E-state index in [1.807, 2.05) is 71.3 Å². The van der Waals surface area contributed by atoms with E-state index < -0.39 is 189 Å². The van der Waals surface area contributed by atoms with Gasteiger partial charge in [-0.25, -0.2) is 15.0 Å². The topological polar surface area (TPSA) is 48.5 Å². The summed E-state index contributed by atoms with van der Waals surface area (Å²) in [5.41, 5.74) is -1.92. The molecule has 3 aromatic heterocycles. The van der Waals surface area contributed by atoms with Gasteiger partial charge >= 0.3 is 0 Å². The summed E-state index contributed by atoms with van der Waals surface area (Å²) in [6.07, 6.45) is 0. The van der Waals surface area contributed by atoms with Crippen LogP contribution in [0, 0.1) is 0 Å². The number of hydrogen-bond donors (Lipinski definition) is 0. The average Bonchev–Trinajstić information content (AvgIpc) is 1.53. The first-order valence-electron chi connectivity index (χ1n) is 30.2. The van der Waals surface area contributed by atoms with Gasteiger partial charge in [-0.15, -0.1) is 0 Å². The van der Waals surface area contributed by atoms with Crippen LogP contribution in [0.3, 0.4) is 0 Å². The fourth-order valence-corrected chi connectivity index (χ4v) is 7.76. The van der Waals surface area contributed by atoms with E-state index >= 15 is 0 Å². The van der Waals surface area contributed by atoms with Crippen molar-refractivity contribution in [1.29, 1.82) is 0 Å². The molecule has 0 aliphatic rings. The van der Waals surface area contributed by atoms with E-state index in [2.05, 4.69) is 15.0 Å². The fraction of sp³-hybridized carbons (Fsp3) is 0. The quantitative estimate of drug-likeness (QED) is 0.161. The van der Waals surface area contributed by atoms with E-state index in [-0.39, 0.29) is 5.69 Å². The third kappa shape index (κ3) is 5.98. The van der Waals surface area contributed by atoms with Gasteiger partial charge in [-0.3, -0.25) is 0 Å². The van der Waals surface area contributed by atoms with E-state index in [9.17, 15) is 9.60 Å². The molecule has 62 heavy (non-hydrogen) atoms. The van der Waals surface area contributed by atoms with Crippen molar-refractivity contribution < 1.29 is 30.2 Å². The molecule has 0 atom stereocenters. The highest BCUT2D eigenvalue weighted by atomic mass is 15.1. The van der Waals surface area contributed by atoms with Crippen LogP contribution in [0.25, 0.3) is 111 Å². The fourth-order valence-electron chi connectivity index (χ4n) is 7.76. The summed E-state index contributed by atoms with van der Waals surface area (Å²) in [6, 6.07) is 9.42. The molecule has 0 saturated heterocycles. The van der Waals surface area contributed by atoms with Crippen molar-refractivity contribution in [3.63, 3.8) is 0 Å². The highest BCUT2D eigenvalue weighted by Gasteiger charge is 2.22. The van der Waals surface area contributed by atoms with Gasteiger partial charge in [-0.2, -0.15) is 0 Å². The van der Waals surface area contributed by atoms with E-state index in [1.165, 1.54) is 0 Å². The summed E-state index contributed by atoms with van der Waals surface area (Å²) in [6.45, 7) is 0. The number of nitrogens with zero attached hydrogens (tertiary/aromatic N) is 5. The number of para-hydroxylation sites is 3. The molecule has 0 aliphatic carbocycles. The number of fused-ring (bicyclic) bond motifs is 6. The summed E-state index contributed by atoms with van der Waals surface area (Å²) in [4.78, 5) is 13.8. The minimum Gasteiger partial charge on any atom is -0.309 e. The van der Waals surface area contributed by atoms with Crippen molar-refractivity contribution >= 4 is 43.6 Å². The average molecular weight is 814 g/mol. The van der Waals surface area contributed by atoms with Crippen molar-refractivity contribution in [1.82, 2.24) is 24.1 Å². The van der Waals surface area contributed by atoms with E-state index in [0.29, 0.717) is 27.5 Å². The lowest BCUT2D eigenvalue weighted by Gasteiger charge is -2.17. The van der Waals surface area contributed by atoms with Crippen LogP contribution in [0.5, 0.6) is 0 Å². The van der Waals surface area contributed by atoms with Crippen LogP contribution in [-0.4, -0.2) is 24.1 Å². The Morgan fingerprint density at radius 2 is 0.758 bits per heavy atom. The highest BCUT2D eigenvalue weighted by molar-refractivity contribution is 6.12. The van der Waals surface area contributed by atoms with Crippen LogP contribution in [0.1, 0.15) is 30.2 Å². The van der Waals surface area contributed by atoms with E-state index in [4.69, 9.17) is 20.6 Å². The summed E-state index contributed by atoms with van der Waals surface area (Å²) >= 11 is 0. The molecule has 5 heteroatoms. The predicted octanol–water partition coefficient (Wildman–Crippen LogP) is 14.4. The van der Waals surface area contributed by atoms with Crippen LogP contribution >= 0.6 is 0 Å². The molecule has 0 amide bonds. The number of hydrogen-bond acceptors (Lipinski definition) is 3. The zero-order chi connectivity index (χ0) is 60.1. The van der Waals surface area contributed by atoms with Crippen LogP contribution in [0.4, 0.5) is 0 Å². The zero-order valence-corrected chi connectivity index (χ0v) is 31.9. The molecule has 0 fully saturated rings. The third-order valence-corrected chi connectivity index (χ3v) is 10.4. The molecule has 5 nitrogen and oxygen atoms in total.